The molecule has 0 bridgehead atoms. The predicted octanol–water partition coefficient (Wildman–Crippen LogP) is 1.58. The van der Waals surface area contributed by atoms with E-state index in [2.05, 4.69) is 0 Å². The fourth-order valence-electron chi connectivity index (χ4n) is 3.02. The molecule has 2 amide bonds. The molecule has 18 heavy (non-hydrogen) atoms. The van der Waals surface area contributed by atoms with E-state index < -0.39 is 12.3 Å². The van der Waals surface area contributed by atoms with Gasteiger partial charge in [0, 0.05) is 25.4 Å². The number of nitrogens with zero attached hydrogens (tertiary/aromatic N) is 2. The van der Waals surface area contributed by atoms with Crippen molar-refractivity contribution in [1.29, 1.82) is 0 Å². The molecule has 1 N–H and O–H groups in total. The first-order valence-electron chi connectivity index (χ1n) is 6.43. The van der Waals surface area contributed by atoms with Crippen LogP contribution >= 0.6 is 0 Å². The van der Waals surface area contributed by atoms with Crippen LogP contribution in [0.4, 0.5) is 4.79 Å². The number of esters is 1. The van der Waals surface area contributed by atoms with E-state index in [1.165, 1.54) is 4.90 Å². The number of hydrogen-bond donors (Lipinski definition) is 1. The van der Waals surface area contributed by atoms with Crippen molar-refractivity contribution in [3.63, 3.8) is 0 Å². The Kier molecular flexibility index (Phi) is 3.47. The summed E-state index contributed by atoms with van der Waals surface area (Å²) < 4.78 is 5.30. The summed E-state index contributed by atoms with van der Waals surface area (Å²) in [6.45, 7) is 2.23. The quantitative estimate of drug-likeness (QED) is 0.601. The third-order valence-electron chi connectivity index (χ3n) is 3.95. The molecule has 1 spiro atoms. The summed E-state index contributed by atoms with van der Waals surface area (Å²) in [7, 11) is 1.66. The van der Waals surface area contributed by atoms with E-state index in [0.29, 0.717) is 11.6 Å². The lowest BCUT2D eigenvalue weighted by Crippen LogP contribution is -2.62. The van der Waals surface area contributed by atoms with Gasteiger partial charge in [0.25, 0.3) is 0 Å². The standard InChI is InChI=1S/C12H20N2O4/c1-3-9(15)18-10-12(6-4-5-7-12)8-13(2)11(16)14(10)17/h10,17H,3-8H2,1-2H3. The number of carbonyl (C=O) groups excluding carboxylic acids is 2. The summed E-state index contributed by atoms with van der Waals surface area (Å²) in [5, 5.41) is 10.5. The van der Waals surface area contributed by atoms with Crippen molar-refractivity contribution in [3.8, 4) is 0 Å². The van der Waals surface area contributed by atoms with E-state index in [1.54, 1.807) is 14.0 Å². The summed E-state index contributed by atoms with van der Waals surface area (Å²) in [6, 6.07) is -0.513. The van der Waals surface area contributed by atoms with Gasteiger partial charge >= 0.3 is 12.0 Å². The molecule has 1 saturated carbocycles. The van der Waals surface area contributed by atoms with Crippen molar-refractivity contribution in [3.05, 3.63) is 0 Å². The monoisotopic (exact) mass is 256 g/mol. The van der Waals surface area contributed by atoms with Crippen molar-refractivity contribution in [1.82, 2.24) is 9.96 Å². The van der Waals surface area contributed by atoms with E-state index in [1.807, 2.05) is 0 Å². The first-order valence-corrected chi connectivity index (χ1v) is 6.43. The normalized spacial score (nSPS) is 26.8. The van der Waals surface area contributed by atoms with Crippen molar-refractivity contribution in [2.45, 2.75) is 45.3 Å². The predicted molar refractivity (Wildman–Crippen MR) is 62.7 cm³/mol. The second-order valence-corrected chi connectivity index (χ2v) is 5.25. The lowest BCUT2D eigenvalue weighted by Gasteiger charge is -2.47. The first-order chi connectivity index (χ1) is 8.50. The summed E-state index contributed by atoms with van der Waals surface area (Å²) in [6.07, 6.45) is 3.21. The third kappa shape index (κ3) is 2.05. The molecule has 0 aromatic carbocycles. The number of rotatable bonds is 2. The Bertz CT molecular complexity index is 352. The fourth-order valence-corrected chi connectivity index (χ4v) is 3.02. The lowest BCUT2D eigenvalue weighted by atomic mass is 9.82. The van der Waals surface area contributed by atoms with Crippen molar-refractivity contribution in [2.75, 3.05) is 13.6 Å². The lowest BCUT2D eigenvalue weighted by molar-refractivity contribution is -0.242. The molecule has 102 valence electrons. The van der Waals surface area contributed by atoms with E-state index in [-0.39, 0.29) is 17.8 Å². The maximum atomic E-state index is 11.8. The van der Waals surface area contributed by atoms with Crippen LogP contribution in [-0.4, -0.2) is 47.0 Å². The van der Waals surface area contributed by atoms with Gasteiger partial charge in [0.15, 0.2) is 0 Å². The topological polar surface area (TPSA) is 70.1 Å². The van der Waals surface area contributed by atoms with Crippen LogP contribution < -0.4 is 0 Å². The molecular weight excluding hydrogens is 236 g/mol. The average molecular weight is 256 g/mol. The number of ether oxygens (including phenoxy) is 1. The van der Waals surface area contributed by atoms with E-state index in [4.69, 9.17) is 4.74 Å². The maximum absolute atomic E-state index is 11.8. The first kappa shape index (κ1) is 13.1. The zero-order chi connectivity index (χ0) is 13.3. The zero-order valence-corrected chi connectivity index (χ0v) is 10.9. The fraction of sp³-hybridized carbons (Fsp3) is 0.833. The number of amides is 2. The number of urea groups is 1. The minimum absolute atomic E-state index is 0.241. The molecule has 6 heteroatoms. The van der Waals surface area contributed by atoms with E-state index in [9.17, 15) is 14.8 Å². The van der Waals surface area contributed by atoms with Crippen LogP contribution in [0.1, 0.15) is 39.0 Å². The van der Waals surface area contributed by atoms with Crippen LogP contribution in [-0.2, 0) is 9.53 Å². The van der Waals surface area contributed by atoms with Crippen LogP contribution in [0, 0.1) is 5.41 Å². The molecule has 2 fully saturated rings. The highest BCUT2D eigenvalue weighted by Crippen LogP contribution is 2.46. The largest absolute Gasteiger partial charge is 0.438 e. The van der Waals surface area contributed by atoms with E-state index >= 15 is 0 Å². The Hall–Kier alpha value is -1.30. The smallest absolute Gasteiger partial charge is 0.346 e. The summed E-state index contributed by atoms with van der Waals surface area (Å²) in [4.78, 5) is 24.7. The molecule has 1 aliphatic carbocycles. The van der Waals surface area contributed by atoms with Crippen molar-refractivity contribution < 1.29 is 19.5 Å². The highest BCUT2D eigenvalue weighted by molar-refractivity contribution is 5.75. The average Bonchev–Trinajstić information content (AvgIpc) is 2.81. The minimum atomic E-state index is -0.837. The van der Waals surface area contributed by atoms with Crippen molar-refractivity contribution in [2.24, 2.45) is 5.41 Å². The van der Waals surface area contributed by atoms with Gasteiger partial charge in [-0.15, -0.1) is 0 Å². The number of hydroxylamine groups is 2. The molecule has 1 atom stereocenters. The molecule has 0 radical (unpaired) electrons. The van der Waals surface area contributed by atoms with E-state index in [0.717, 1.165) is 25.7 Å². The van der Waals surface area contributed by atoms with Crippen LogP contribution in [0.2, 0.25) is 0 Å². The Labute approximate surface area is 106 Å². The minimum Gasteiger partial charge on any atom is -0.438 e. The summed E-state index contributed by atoms with van der Waals surface area (Å²) in [5.74, 6) is -0.386. The molecule has 0 aromatic rings. The van der Waals surface area contributed by atoms with Crippen LogP contribution in [0.3, 0.4) is 0 Å². The Morgan fingerprint density at radius 2 is 2.11 bits per heavy atom. The highest BCUT2D eigenvalue weighted by Gasteiger charge is 2.53. The molecule has 1 aliphatic heterocycles. The van der Waals surface area contributed by atoms with Crippen LogP contribution in [0.15, 0.2) is 0 Å². The van der Waals surface area contributed by atoms with Gasteiger partial charge in [-0.3, -0.25) is 10.0 Å². The SMILES string of the molecule is CCC(=O)OC1N(O)C(=O)N(C)CC12CCCC2. The van der Waals surface area contributed by atoms with Gasteiger partial charge in [0.2, 0.25) is 6.23 Å². The Morgan fingerprint density at radius 1 is 1.50 bits per heavy atom. The summed E-state index contributed by atoms with van der Waals surface area (Å²) >= 11 is 0. The van der Waals surface area contributed by atoms with Gasteiger partial charge in [-0.25, -0.2) is 4.79 Å². The Balaban J connectivity index is 2.24. The third-order valence-corrected chi connectivity index (χ3v) is 3.95. The van der Waals surface area contributed by atoms with Gasteiger partial charge in [0.05, 0.1) is 0 Å². The van der Waals surface area contributed by atoms with Gasteiger partial charge in [-0.05, 0) is 12.8 Å². The second-order valence-electron chi connectivity index (χ2n) is 5.25. The van der Waals surface area contributed by atoms with Gasteiger partial charge in [-0.2, -0.15) is 5.06 Å². The van der Waals surface area contributed by atoms with Crippen molar-refractivity contribution >= 4 is 12.0 Å². The molecule has 1 unspecified atom stereocenters. The molecule has 6 nitrogen and oxygen atoms in total. The maximum Gasteiger partial charge on any atom is 0.346 e. The van der Waals surface area contributed by atoms with Gasteiger partial charge in [-0.1, -0.05) is 19.8 Å². The molecule has 1 heterocycles. The molecule has 0 aromatic heterocycles. The summed E-state index contributed by atoms with van der Waals surface area (Å²) in [5.41, 5.74) is -0.317. The molecule has 1 saturated heterocycles. The Morgan fingerprint density at radius 3 is 2.67 bits per heavy atom. The zero-order valence-electron chi connectivity index (χ0n) is 10.9. The van der Waals surface area contributed by atoms with Gasteiger partial charge < -0.3 is 9.64 Å². The molecule has 2 aliphatic rings. The van der Waals surface area contributed by atoms with Crippen LogP contribution in [0.25, 0.3) is 0 Å². The molecular formula is C12H20N2O4. The number of hydrogen-bond acceptors (Lipinski definition) is 4. The highest BCUT2D eigenvalue weighted by atomic mass is 16.6. The van der Waals surface area contributed by atoms with Crippen LogP contribution in [0.5, 0.6) is 0 Å². The molecule has 2 rings (SSSR count). The van der Waals surface area contributed by atoms with Gasteiger partial charge in [0.1, 0.15) is 0 Å². The second kappa shape index (κ2) is 4.76. The number of carbonyl (C=O) groups is 2.